The van der Waals surface area contributed by atoms with Crippen LogP contribution in [0.25, 0.3) is 0 Å². The fourth-order valence-electron chi connectivity index (χ4n) is 1.81. The first-order valence-electron chi connectivity index (χ1n) is 6.70. The van der Waals surface area contributed by atoms with Gasteiger partial charge in [0.15, 0.2) is 0 Å². The maximum atomic E-state index is 11.9. The van der Waals surface area contributed by atoms with Crippen LogP contribution in [0.5, 0.6) is 0 Å². The summed E-state index contributed by atoms with van der Waals surface area (Å²) >= 11 is 0. The quantitative estimate of drug-likeness (QED) is 0.608. The molecule has 1 unspecified atom stereocenters. The number of urea groups is 1. The minimum Gasteiger partial charge on any atom is -0.481 e. The van der Waals surface area contributed by atoms with Gasteiger partial charge in [-0.05, 0) is 26.2 Å². The highest BCUT2D eigenvalue weighted by Crippen LogP contribution is 2.11. The lowest BCUT2D eigenvalue weighted by Gasteiger charge is -2.26. The third-order valence-electron chi connectivity index (χ3n) is 2.82. The molecule has 0 bridgehead atoms. The smallest absolute Gasteiger partial charge is 0.318 e. The minimum absolute atomic E-state index is 0.0360. The fraction of sp³-hybridized carbons (Fsp3) is 0.769. The summed E-state index contributed by atoms with van der Waals surface area (Å²) in [5, 5.41) is 11.6. The van der Waals surface area contributed by atoms with Gasteiger partial charge in [0.2, 0.25) is 5.91 Å². The van der Waals surface area contributed by atoms with Crippen LogP contribution in [0.4, 0.5) is 4.79 Å². The monoisotopic (exact) mass is 287 g/mol. The molecule has 20 heavy (non-hydrogen) atoms. The average molecular weight is 287 g/mol. The number of primary amides is 1. The normalized spacial score (nSPS) is 12.3. The van der Waals surface area contributed by atoms with Crippen molar-refractivity contribution in [2.24, 2.45) is 17.6 Å². The first-order chi connectivity index (χ1) is 9.15. The lowest BCUT2D eigenvalue weighted by atomic mass is 9.97. The number of hydrogen-bond donors (Lipinski definition) is 3. The van der Waals surface area contributed by atoms with Crippen LogP contribution in [-0.2, 0) is 9.59 Å². The van der Waals surface area contributed by atoms with Gasteiger partial charge < -0.3 is 21.1 Å². The molecule has 0 aromatic rings. The van der Waals surface area contributed by atoms with E-state index in [-0.39, 0.29) is 25.0 Å². The number of hydrogen-bond acceptors (Lipinski definition) is 3. The summed E-state index contributed by atoms with van der Waals surface area (Å²) in [7, 11) is 0. The van der Waals surface area contributed by atoms with Crippen LogP contribution in [0, 0.1) is 11.8 Å². The van der Waals surface area contributed by atoms with Crippen LogP contribution in [0.15, 0.2) is 0 Å². The van der Waals surface area contributed by atoms with E-state index in [1.54, 1.807) is 13.8 Å². The van der Waals surface area contributed by atoms with Crippen molar-refractivity contribution in [1.29, 1.82) is 0 Å². The maximum absolute atomic E-state index is 11.9. The van der Waals surface area contributed by atoms with Crippen molar-refractivity contribution in [2.45, 2.75) is 40.2 Å². The second-order valence-corrected chi connectivity index (χ2v) is 5.54. The predicted molar refractivity (Wildman–Crippen MR) is 75.0 cm³/mol. The standard InChI is InChI=1S/C13H25N3O4/c1-8(2)5-10(12(18)19)6-15-13(20)16(9(3)4)7-11(14)17/h8-10H,5-7H2,1-4H3,(H2,14,17)(H,15,20)(H,18,19). The zero-order chi connectivity index (χ0) is 15.9. The molecular formula is C13H25N3O4. The number of carbonyl (C=O) groups excluding carboxylic acids is 2. The van der Waals surface area contributed by atoms with E-state index < -0.39 is 23.8 Å². The molecule has 0 aliphatic rings. The molecule has 116 valence electrons. The Morgan fingerprint density at radius 2 is 1.75 bits per heavy atom. The summed E-state index contributed by atoms with van der Waals surface area (Å²) in [6, 6.07) is -0.676. The van der Waals surface area contributed by atoms with Crippen LogP contribution in [0.2, 0.25) is 0 Å². The van der Waals surface area contributed by atoms with Crippen molar-refractivity contribution in [2.75, 3.05) is 13.1 Å². The van der Waals surface area contributed by atoms with Gasteiger partial charge in [-0.15, -0.1) is 0 Å². The summed E-state index contributed by atoms with van der Waals surface area (Å²) in [5.41, 5.74) is 5.08. The van der Waals surface area contributed by atoms with Crippen LogP contribution in [0.1, 0.15) is 34.1 Å². The molecule has 0 fully saturated rings. The van der Waals surface area contributed by atoms with Gasteiger partial charge >= 0.3 is 12.0 Å². The van der Waals surface area contributed by atoms with Gasteiger partial charge in [0.05, 0.1) is 5.92 Å². The van der Waals surface area contributed by atoms with E-state index in [9.17, 15) is 14.4 Å². The second-order valence-electron chi connectivity index (χ2n) is 5.54. The average Bonchev–Trinajstić information content (AvgIpc) is 2.29. The van der Waals surface area contributed by atoms with Crippen LogP contribution < -0.4 is 11.1 Å². The highest BCUT2D eigenvalue weighted by atomic mass is 16.4. The van der Waals surface area contributed by atoms with Crippen molar-refractivity contribution in [1.82, 2.24) is 10.2 Å². The van der Waals surface area contributed by atoms with Gasteiger partial charge in [-0.1, -0.05) is 13.8 Å². The van der Waals surface area contributed by atoms with Crippen molar-refractivity contribution in [3.63, 3.8) is 0 Å². The number of carboxylic acids is 1. The molecule has 0 spiro atoms. The third kappa shape index (κ3) is 6.96. The van der Waals surface area contributed by atoms with E-state index in [1.165, 1.54) is 4.90 Å². The van der Waals surface area contributed by atoms with E-state index in [4.69, 9.17) is 10.8 Å². The van der Waals surface area contributed by atoms with Gasteiger partial charge in [0, 0.05) is 12.6 Å². The van der Waals surface area contributed by atoms with Crippen molar-refractivity contribution in [3.8, 4) is 0 Å². The number of nitrogens with one attached hydrogen (secondary N) is 1. The Morgan fingerprint density at radius 1 is 1.20 bits per heavy atom. The third-order valence-corrected chi connectivity index (χ3v) is 2.82. The number of carboxylic acid groups (broad SMARTS) is 1. The molecule has 0 aromatic carbocycles. The Labute approximate surface area is 119 Å². The van der Waals surface area contributed by atoms with Gasteiger partial charge in [-0.3, -0.25) is 9.59 Å². The number of rotatable bonds is 8. The molecule has 4 N–H and O–H groups in total. The minimum atomic E-state index is -0.940. The van der Waals surface area contributed by atoms with Crippen molar-refractivity contribution in [3.05, 3.63) is 0 Å². The molecule has 0 rings (SSSR count). The Morgan fingerprint density at radius 3 is 2.10 bits per heavy atom. The second kappa shape index (κ2) is 8.39. The zero-order valence-electron chi connectivity index (χ0n) is 12.5. The molecule has 3 amide bonds. The van der Waals surface area contributed by atoms with E-state index in [1.807, 2.05) is 13.8 Å². The van der Waals surface area contributed by atoms with E-state index in [2.05, 4.69) is 5.32 Å². The molecule has 0 aliphatic carbocycles. The lowest BCUT2D eigenvalue weighted by molar-refractivity contribution is -0.142. The van der Waals surface area contributed by atoms with Gasteiger partial charge in [-0.25, -0.2) is 4.79 Å². The molecule has 0 radical (unpaired) electrons. The van der Waals surface area contributed by atoms with E-state index in [0.29, 0.717) is 6.42 Å². The van der Waals surface area contributed by atoms with Crippen LogP contribution in [0.3, 0.4) is 0 Å². The highest BCUT2D eigenvalue weighted by molar-refractivity contribution is 5.83. The molecule has 0 saturated heterocycles. The molecule has 1 atom stereocenters. The Kier molecular flexibility index (Phi) is 7.64. The number of nitrogens with two attached hydrogens (primary N) is 1. The number of amides is 3. The molecular weight excluding hydrogens is 262 g/mol. The lowest BCUT2D eigenvalue weighted by Crippen LogP contribution is -2.49. The highest BCUT2D eigenvalue weighted by Gasteiger charge is 2.23. The van der Waals surface area contributed by atoms with E-state index >= 15 is 0 Å². The van der Waals surface area contributed by atoms with Gasteiger partial charge in [-0.2, -0.15) is 0 Å². The summed E-state index contributed by atoms with van der Waals surface area (Å²) < 4.78 is 0. The van der Waals surface area contributed by atoms with Crippen molar-refractivity contribution >= 4 is 17.9 Å². The Balaban J connectivity index is 4.55. The van der Waals surface area contributed by atoms with Crippen LogP contribution >= 0.6 is 0 Å². The molecule has 0 saturated carbocycles. The largest absolute Gasteiger partial charge is 0.481 e. The topological polar surface area (TPSA) is 113 Å². The molecule has 0 aliphatic heterocycles. The predicted octanol–water partition coefficient (Wildman–Crippen LogP) is 0.639. The SMILES string of the molecule is CC(C)CC(CNC(=O)N(CC(N)=O)C(C)C)C(=O)O. The van der Waals surface area contributed by atoms with Gasteiger partial charge in [0.25, 0.3) is 0 Å². The molecule has 7 heteroatoms. The van der Waals surface area contributed by atoms with Crippen molar-refractivity contribution < 1.29 is 19.5 Å². The fourth-order valence-corrected chi connectivity index (χ4v) is 1.81. The van der Waals surface area contributed by atoms with Crippen LogP contribution in [-0.4, -0.2) is 47.0 Å². The Hall–Kier alpha value is -1.79. The summed E-state index contributed by atoms with van der Waals surface area (Å²) in [5.74, 6) is -1.96. The number of aliphatic carboxylic acids is 1. The van der Waals surface area contributed by atoms with E-state index in [0.717, 1.165) is 0 Å². The number of carbonyl (C=O) groups is 3. The first kappa shape index (κ1) is 18.2. The molecule has 7 nitrogen and oxygen atoms in total. The first-order valence-corrected chi connectivity index (χ1v) is 6.70. The Bertz CT molecular complexity index is 356. The number of nitrogens with zero attached hydrogens (tertiary/aromatic N) is 1. The summed E-state index contributed by atoms with van der Waals surface area (Å²) in [4.78, 5) is 35.2. The maximum Gasteiger partial charge on any atom is 0.318 e. The van der Waals surface area contributed by atoms with Gasteiger partial charge in [0.1, 0.15) is 6.54 Å². The molecule has 0 aromatic heterocycles. The summed E-state index contributed by atoms with van der Waals surface area (Å²) in [6.07, 6.45) is 0.479. The molecule has 0 heterocycles. The summed E-state index contributed by atoms with van der Waals surface area (Å²) in [6.45, 7) is 7.20. The zero-order valence-corrected chi connectivity index (χ0v) is 12.5.